The maximum absolute atomic E-state index is 13.7. The van der Waals surface area contributed by atoms with Crippen LogP contribution in [0.2, 0.25) is 0 Å². The van der Waals surface area contributed by atoms with Gasteiger partial charge in [-0.3, -0.25) is 4.99 Å². The summed E-state index contributed by atoms with van der Waals surface area (Å²) in [6, 6.07) is 5.32. The molecular weight excluding hydrogens is 384 g/mol. The first-order valence-corrected chi connectivity index (χ1v) is 6.99. The van der Waals surface area contributed by atoms with Gasteiger partial charge >= 0.3 is 0 Å². The molecule has 0 amide bonds. The van der Waals surface area contributed by atoms with E-state index in [0.29, 0.717) is 30.9 Å². The number of nitrogens with one attached hydrogen (secondary N) is 2. The molecule has 1 aromatic carbocycles. The number of aliphatic imine (C=N–C) groups is 1. The molecule has 1 atom stereocenters. The van der Waals surface area contributed by atoms with E-state index in [4.69, 9.17) is 4.74 Å². The summed E-state index contributed by atoms with van der Waals surface area (Å²) in [6.45, 7) is 7.00. The van der Waals surface area contributed by atoms with E-state index in [1.807, 2.05) is 13.0 Å². The number of halogens is 2. The van der Waals surface area contributed by atoms with Crippen molar-refractivity contribution in [2.24, 2.45) is 4.99 Å². The van der Waals surface area contributed by atoms with Crippen molar-refractivity contribution >= 4 is 29.9 Å². The molecule has 0 aliphatic carbocycles. The first-order valence-electron chi connectivity index (χ1n) is 6.99. The van der Waals surface area contributed by atoms with E-state index in [2.05, 4.69) is 29.5 Å². The molecule has 1 aromatic rings. The van der Waals surface area contributed by atoms with Gasteiger partial charge in [0.2, 0.25) is 0 Å². The summed E-state index contributed by atoms with van der Waals surface area (Å²) in [6.07, 6.45) is 1.01. The standard InChI is InChI=1S/C15H24FN3O.HI/c1-5-11(3)19-15(17-4)18-10-12-7-8-14(20-6-2)13(16)9-12;/h7-9,11H,5-6,10H2,1-4H3,(H2,17,18,19);1H. The summed E-state index contributed by atoms with van der Waals surface area (Å²) in [5, 5.41) is 6.41. The lowest BCUT2D eigenvalue weighted by Crippen LogP contribution is -2.41. The molecule has 0 saturated carbocycles. The third-order valence-corrected chi connectivity index (χ3v) is 2.98. The molecule has 0 bridgehead atoms. The van der Waals surface area contributed by atoms with Gasteiger partial charge in [-0.05, 0) is 38.0 Å². The van der Waals surface area contributed by atoms with Crippen LogP contribution in [0.4, 0.5) is 4.39 Å². The lowest BCUT2D eigenvalue weighted by atomic mass is 10.2. The third kappa shape index (κ3) is 6.97. The van der Waals surface area contributed by atoms with E-state index in [0.717, 1.165) is 12.0 Å². The molecule has 0 radical (unpaired) electrons. The lowest BCUT2D eigenvalue weighted by molar-refractivity contribution is 0.321. The van der Waals surface area contributed by atoms with Crippen LogP contribution in [-0.4, -0.2) is 25.7 Å². The summed E-state index contributed by atoms with van der Waals surface area (Å²) in [7, 11) is 1.72. The van der Waals surface area contributed by atoms with Gasteiger partial charge in [-0.1, -0.05) is 13.0 Å². The molecule has 21 heavy (non-hydrogen) atoms. The molecule has 0 aromatic heterocycles. The normalized spacial score (nSPS) is 12.3. The monoisotopic (exact) mass is 409 g/mol. The molecule has 0 aliphatic rings. The van der Waals surface area contributed by atoms with Gasteiger partial charge in [0, 0.05) is 19.6 Å². The molecule has 1 unspecified atom stereocenters. The van der Waals surface area contributed by atoms with E-state index in [-0.39, 0.29) is 29.8 Å². The molecule has 0 spiro atoms. The maximum Gasteiger partial charge on any atom is 0.191 e. The fraction of sp³-hybridized carbons (Fsp3) is 0.533. The molecule has 4 nitrogen and oxygen atoms in total. The minimum Gasteiger partial charge on any atom is -0.491 e. The van der Waals surface area contributed by atoms with Crippen molar-refractivity contribution in [3.63, 3.8) is 0 Å². The fourth-order valence-electron chi connectivity index (χ4n) is 1.64. The van der Waals surface area contributed by atoms with Crippen molar-refractivity contribution in [1.82, 2.24) is 10.6 Å². The number of hydrogen-bond acceptors (Lipinski definition) is 2. The van der Waals surface area contributed by atoms with Crippen molar-refractivity contribution in [3.05, 3.63) is 29.6 Å². The van der Waals surface area contributed by atoms with Crippen molar-refractivity contribution in [1.29, 1.82) is 0 Å². The summed E-state index contributed by atoms with van der Waals surface area (Å²) in [5.74, 6) is 0.669. The van der Waals surface area contributed by atoms with Gasteiger partial charge in [0.25, 0.3) is 0 Å². The smallest absolute Gasteiger partial charge is 0.191 e. The zero-order valence-corrected chi connectivity index (χ0v) is 15.4. The van der Waals surface area contributed by atoms with Crippen LogP contribution < -0.4 is 15.4 Å². The van der Waals surface area contributed by atoms with Crippen molar-refractivity contribution in [3.8, 4) is 5.75 Å². The van der Waals surface area contributed by atoms with E-state index in [1.54, 1.807) is 13.1 Å². The van der Waals surface area contributed by atoms with Crippen LogP contribution in [0, 0.1) is 5.82 Å². The van der Waals surface area contributed by atoms with Crippen LogP contribution >= 0.6 is 24.0 Å². The van der Waals surface area contributed by atoms with E-state index < -0.39 is 0 Å². The van der Waals surface area contributed by atoms with Crippen LogP contribution in [0.3, 0.4) is 0 Å². The molecule has 0 saturated heterocycles. The molecule has 1 rings (SSSR count). The van der Waals surface area contributed by atoms with Crippen LogP contribution in [0.15, 0.2) is 23.2 Å². The zero-order chi connectivity index (χ0) is 15.0. The van der Waals surface area contributed by atoms with Gasteiger partial charge in [-0.25, -0.2) is 4.39 Å². The lowest BCUT2D eigenvalue weighted by Gasteiger charge is -2.16. The van der Waals surface area contributed by atoms with E-state index in [1.165, 1.54) is 6.07 Å². The molecule has 0 fully saturated rings. The Kier molecular flexibility index (Phi) is 10.1. The van der Waals surface area contributed by atoms with Crippen LogP contribution in [0.25, 0.3) is 0 Å². The van der Waals surface area contributed by atoms with Crippen molar-refractivity contribution in [2.75, 3.05) is 13.7 Å². The minimum absolute atomic E-state index is 0. The number of benzene rings is 1. The molecule has 2 N–H and O–H groups in total. The van der Waals surface area contributed by atoms with Gasteiger partial charge in [0.15, 0.2) is 17.5 Å². The number of hydrogen-bond donors (Lipinski definition) is 2. The summed E-state index contributed by atoms with van der Waals surface area (Å²) < 4.78 is 18.9. The first-order chi connectivity index (χ1) is 9.60. The Bertz CT molecular complexity index is 455. The predicted molar refractivity (Wildman–Crippen MR) is 96.1 cm³/mol. The van der Waals surface area contributed by atoms with Gasteiger partial charge in [0.05, 0.1) is 6.61 Å². The summed E-state index contributed by atoms with van der Waals surface area (Å²) in [5.41, 5.74) is 0.845. The minimum atomic E-state index is -0.337. The zero-order valence-electron chi connectivity index (χ0n) is 13.1. The maximum atomic E-state index is 13.7. The van der Waals surface area contributed by atoms with E-state index >= 15 is 0 Å². The Morgan fingerprint density at radius 2 is 2.10 bits per heavy atom. The molecule has 0 aliphatic heterocycles. The molecule has 0 heterocycles. The van der Waals surface area contributed by atoms with Crippen molar-refractivity contribution in [2.45, 2.75) is 39.8 Å². The predicted octanol–water partition coefficient (Wildman–Crippen LogP) is 3.31. The first kappa shape index (κ1) is 19.9. The Hall–Kier alpha value is -1.05. The average molecular weight is 409 g/mol. The second-order valence-electron chi connectivity index (χ2n) is 4.58. The highest BCUT2D eigenvalue weighted by Crippen LogP contribution is 2.18. The molecule has 120 valence electrons. The largest absolute Gasteiger partial charge is 0.491 e. The second-order valence-corrected chi connectivity index (χ2v) is 4.58. The third-order valence-electron chi connectivity index (χ3n) is 2.98. The average Bonchev–Trinajstić information content (AvgIpc) is 2.45. The van der Waals surface area contributed by atoms with Gasteiger partial charge < -0.3 is 15.4 Å². The number of ether oxygens (including phenoxy) is 1. The summed E-state index contributed by atoms with van der Waals surface area (Å²) >= 11 is 0. The Morgan fingerprint density at radius 1 is 1.38 bits per heavy atom. The van der Waals surface area contributed by atoms with Crippen molar-refractivity contribution < 1.29 is 9.13 Å². The fourth-order valence-corrected chi connectivity index (χ4v) is 1.64. The topological polar surface area (TPSA) is 45.6 Å². The summed E-state index contributed by atoms with van der Waals surface area (Å²) in [4.78, 5) is 4.14. The van der Waals surface area contributed by atoms with Gasteiger partial charge in [0.1, 0.15) is 0 Å². The second kappa shape index (κ2) is 10.6. The van der Waals surface area contributed by atoms with Crippen LogP contribution in [0.5, 0.6) is 5.75 Å². The number of guanidine groups is 1. The Balaban J connectivity index is 0.00000400. The van der Waals surface area contributed by atoms with Crippen LogP contribution in [-0.2, 0) is 6.54 Å². The Labute approximate surface area is 143 Å². The SMILES string of the molecule is CCOc1ccc(CNC(=NC)NC(C)CC)cc1F.I. The number of nitrogens with zero attached hydrogens (tertiary/aromatic N) is 1. The van der Waals surface area contributed by atoms with Crippen LogP contribution in [0.1, 0.15) is 32.8 Å². The van der Waals surface area contributed by atoms with E-state index in [9.17, 15) is 4.39 Å². The van der Waals surface area contributed by atoms with Gasteiger partial charge in [-0.2, -0.15) is 0 Å². The number of rotatable bonds is 6. The molecule has 6 heteroatoms. The molecular formula is C15H25FIN3O. The Morgan fingerprint density at radius 3 is 2.62 bits per heavy atom. The van der Waals surface area contributed by atoms with Gasteiger partial charge in [-0.15, -0.1) is 24.0 Å². The highest BCUT2D eigenvalue weighted by atomic mass is 127. The highest BCUT2D eigenvalue weighted by Gasteiger charge is 2.06. The highest BCUT2D eigenvalue weighted by molar-refractivity contribution is 14.0. The quantitative estimate of drug-likeness (QED) is 0.431.